The Hall–Kier alpha value is -6.87. The predicted molar refractivity (Wildman–Crippen MR) is 207 cm³/mol. The molecule has 7 nitrogen and oxygen atoms in total. The number of ether oxygens (including phenoxy) is 1. The molecule has 5 aliphatic rings. The number of rotatable bonds is 1. The molecule has 0 N–H and O–H groups in total. The van der Waals surface area contributed by atoms with E-state index in [1.165, 1.54) is 53.9 Å². The summed E-state index contributed by atoms with van der Waals surface area (Å²) in [4.78, 5) is 2.57. The molecule has 0 saturated carbocycles. The SMILES string of the molecule is c1ccc(N2c3cccc[n+]3[N+]34c5c(ccc6c5-n5c7c(cccc7c7ccc[n+]3c75)[Si]63c5ccccc5-c5ccccc53)Oc3cccc2[n+]34)cc1. The van der Waals surface area contributed by atoms with Crippen LogP contribution in [0.3, 0.4) is 0 Å². The van der Waals surface area contributed by atoms with Crippen molar-refractivity contribution in [1.82, 2.24) is 9.38 Å². The highest BCUT2D eigenvalue weighted by atomic mass is 28.3. The van der Waals surface area contributed by atoms with E-state index in [0.717, 1.165) is 40.3 Å². The van der Waals surface area contributed by atoms with E-state index in [1.807, 2.05) is 0 Å². The number of hydrogen-bond donors (Lipinski definition) is 0. The Labute approximate surface area is 304 Å². The van der Waals surface area contributed by atoms with Crippen LogP contribution in [0.2, 0.25) is 0 Å². The molecule has 9 aromatic rings. The highest BCUT2D eigenvalue weighted by molar-refractivity contribution is 7.23. The van der Waals surface area contributed by atoms with E-state index in [9.17, 15) is 0 Å². The summed E-state index contributed by atoms with van der Waals surface area (Å²) in [5.74, 6) is 3.69. The van der Waals surface area contributed by atoms with Crippen molar-refractivity contribution in [1.29, 1.82) is 0 Å². The fourth-order valence-corrected chi connectivity index (χ4v) is 16.3. The summed E-state index contributed by atoms with van der Waals surface area (Å²) in [5, 5.41) is 8.27. The minimum atomic E-state index is -2.85. The Kier molecular flexibility index (Phi) is 4.44. The maximum absolute atomic E-state index is 7.13. The first-order valence-corrected chi connectivity index (χ1v) is 20.2. The summed E-state index contributed by atoms with van der Waals surface area (Å²) in [6, 6.07) is 58.3. The molecule has 4 aromatic heterocycles. The lowest BCUT2D eigenvalue weighted by molar-refractivity contribution is -1.24. The first kappa shape index (κ1) is 26.9. The molecule has 5 aromatic carbocycles. The fraction of sp³-hybridized carbons (Fsp3) is 0. The molecular weight excluding hydrogens is 669 g/mol. The number of nitrogens with zero attached hydrogens (tertiary/aromatic N) is 6. The van der Waals surface area contributed by atoms with Gasteiger partial charge in [-0.25, -0.2) is 0 Å². The van der Waals surface area contributed by atoms with Gasteiger partial charge in [-0.15, -0.1) is 4.90 Å². The Morgan fingerprint density at radius 2 is 1.23 bits per heavy atom. The van der Waals surface area contributed by atoms with E-state index in [2.05, 4.69) is 194 Å². The van der Waals surface area contributed by atoms with Gasteiger partial charge in [0, 0.05) is 43.3 Å². The third-order valence-corrected chi connectivity index (χ3v) is 17.3. The van der Waals surface area contributed by atoms with Gasteiger partial charge in [-0.2, -0.15) is 4.57 Å². The highest BCUT2D eigenvalue weighted by Crippen LogP contribution is 2.51. The summed E-state index contributed by atoms with van der Waals surface area (Å²) in [6.45, 7) is 0. The Bertz CT molecular complexity index is 3150. The molecule has 53 heavy (non-hydrogen) atoms. The smallest absolute Gasteiger partial charge is 0.356 e. The number of para-hydroxylation sites is 2. The monoisotopic (exact) mass is 696 g/mol. The first-order chi connectivity index (χ1) is 26.3. The zero-order valence-corrected chi connectivity index (χ0v) is 29.3. The van der Waals surface area contributed by atoms with Crippen LogP contribution in [0.1, 0.15) is 0 Å². The van der Waals surface area contributed by atoms with E-state index in [4.69, 9.17) is 4.74 Å². The van der Waals surface area contributed by atoms with Gasteiger partial charge in [-0.1, -0.05) is 91.0 Å². The first-order valence-electron chi connectivity index (χ1n) is 18.2. The van der Waals surface area contributed by atoms with Gasteiger partial charge >= 0.3 is 28.9 Å². The van der Waals surface area contributed by atoms with Gasteiger partial charge < -0.3 is 4.74 Å². The molecule has 5 aliphatic heterocycles. The Balaban J connectivity index is 1.26. The summed E-state index contributed by atoms with van der Waals surface area (Å²) >= 11 is 0. The van der Waals surface area contributed by atoms with Crippen LogP contribution in [0.25, 0.3) is 38.8 Å². The molecule has 2 spiro atoms. The standard InChI is InChI=1S/C45H28N6OSi/c1-2-13-29(14-3-1)48-39-22-8-9-27-46(39)51-44-34(52-41-24-11-23-40(48)50(41)51)25-26-38-43(44)49-42-32(33-18-12-28-47(51)45(33)49)17-10-21-37(42)53(38)35-19-6-4-15-30(35)31-16-5-7-20-36(31)53/h1-28H/q+4. The average molecular weight is 697 g/mol. The maximum atomic E-state index is 7.13. The molecule has 0 aliphatic carbocycles. The molecule has 0 amide bonds. The van der Waals surface area contributed by atoms with Crippen LogP contribution in [0.5, 0.6) is 11.6 Å². The highest BCUT2D eigenvalue weighted by Gasteiger charge is 2.72. The lowest BCUT2D eigenvalue weighted by Gasteiger charge is -2.41. The zero-order valence-electron chi connectivity index (χ0n) is 28.3. The van der Waals surface area contributed by atoms with Crippen molar-refractivity contribution in [3.05, 3.63) is 170 Å². The molecule has 0 radical (unpaired) electrons. The predicted octanol–water partition coefficient (Wildman–Crippen LogP) is 5.22. The average Bonchev–Trinajstić information content (AvgIpc) is 3.72. The second-order valence-electron chi connectivity index (χ2n) is 14.6. The molecule has 0 bridgehead atoms. The van der Waals surface area contributed by atoms with Crippen LogP contribution in [-0.4, -0.2) is 12.6 Å². The van der Waals surface area contributed by atoms with Gasteiger partial charge in [0.25, 0.3) is 0 Å². The molecule has 8 heteroatoms. The molecule has 1 unspecified atom stereocenters. The van der Waals surface area contributed by atoms with Gasteiger partial charge in [0.2, 0.25) is 16.2 Å². The minimum Gasteiger partial charge on any atom is -0.412 e. The summed E-state index contributed by atoms with van der Waals surface area (Å²) in [5.41, 5.74) is 8.59. The molecule has 9 heterocycles. The largest absolute Gasteiger partial charge is 0.412 e. The normalized spacial score (nSPS) is 17.8. The third kappa shape index (κ3) is 2.68. The summed E-state index contributed by atoms with van der Waals surface area (Å²) in [6.07, 6.45) is 4.49. The number of fused-ring (bicyclic) bond motifs is 9. The van der Waals surface area contributed by atoms with Crippen molar-refractivity contribution in [3.63, 3.8) is 0 Å². The number of hydrogen-bond acceptors (Lipinski definition) is 2. The Morgan fingerprint density at radius 3 is 2.08 bits per heavy atom. The van der Waals surface area contributed by atoms with Crippen LogP contribution in [0.15, 0.2) is 170 Å². The van der Waals surface area contributed by atoms with Gasteiger partial charge in [-0.3, -0.25) is 0 Å². The van der Waals surface area contributed by atoms with Crippen molar-refractivity contribution in [2.24, 2.45) is 0 Å². The molecular formula is C45H28N6OSi+4. The third-order valence-electron chi connectivity index (χ3n) is 12.4. The van der Waals surface area contributed by atoms with E-state index in [-0.39, 0.29) is 4.81 Å². The van der Waals surface area contributed by atoms with Crippen molar-refractivity contribution < 1.29 is 18.8 Å². The van der Waals surface area contributed by atoms with Crippen molar-refractivity contribution in [3.8, 4) is 28.4 Å². The maximum Gasteiger partial charge on any atom is 0.356 e. The van der Waals surface area contributed by atoms with Crippen LogP contribution >= 0.6 is 0 Å². The van der Waals surface area contributed by atoms with E-state index in [1.54, 1.807) is 0 Å². The molecule has 244 valence electrons. The number of pyridine rings is 3. The van der Waals surface area contributed by atoms with E-state index in [0.29, 0.717) is 0 Å². The van der Waals surface area contributed by atoms with Gasteiger partial charge in [0.05, 0.1) is 10.1 Å². The van der Waals surface area contributed by atoms with Gasteiger partial charge in [-0.05, 0) is 70.0 Å². The second-order valence-corrected chi connectivity index (χ2v) is 18.2. The number of aromatic nitrogens is 4. The van der Waals surface area contributed by atoms with Crippen molar-refractivity contribution in [2.75, 3.05) is 4.90 Å². The number of anilines is 3. The molecule has 1 atom stereocenters. The molecule has 0 fully saturated rings. The quantitative estimate of drug-likeness (QED) is 0.134. The van der Waals surface area contributed by atoms with E-state index < -0.39 is 8.07 Å². The van der Waals surface area contributed by atoms with Crippen LogP contribution in [0.4, 0.5) is 23.0 Å². The van der Waals surface area contributed by atoms with Crippen LogP contribution < -0.4 is 49.2 Å². The molecule has 0 saturated heterocycles. The molecule has 14 rings (SSSR count). The van der Waals surface area contributed by atoms with Crippen molar-refractivity contribution in [2.45, 2.75) is 0 Å². The van der Waals surface area contributed by atoms with Crippen LogP contribution in [0, 0.1) is 0 Å². The second kappa shape index (κ2) is 8.76. The van der Waals surface area contributed by atoms with E-state index >= 15 is 0 Å². The fourth-order valence-electron chi connectivity index (χ4n) is 10.7. The summed E-state index contributed by atoms with van der Waals surface area (Å²) < 4.78 is 17.0. The van der Waals surface area contributed by atoms with Crippen LogP contribution in [-0.2, 0) is 0 Å². The van der Waals surface area contributed by atoms with Gasteiger partial charge in [0.15, 0.2) is 20.5 Å². The number of quaternary nitrogens is 1. The lowest BCUT2D eigenvalue weighted by atomic mass is 10.1. The zero-order chi connectivity index (χ0) is 34.2. The van der Waals surface area contributed by atoms with Gasteiger partial charge in [0.1, 0.15) is 11.2 Å². The van der Waals surface area contributed by atoms with Crippen molar-refractivity contribution >= 4 is 73.8 Å². The topological polar surface area (TPSA) is 29.0 Å². The Morgan fingerprint density at radius 1 is 0.528 bits per heavy atom. The lowest BCUT2D eigenvalue weighted by Crippen LogP contribution is -3.01. The number of benzene rings is 5. The minimum absolute atomic E-state index is 0.223. The summed E-state index contributed by atoms with van der Waals surface area (Å²) in [7, 11) is -2.85.